The first kappa shape index (κ1) is 41.7. The van der Waals surface area contributed by atoms with Crippen LogP contribution in [0.1, 0.15) is 80.8 Å². The van der Waals surface area contributed by atoms with Gasteiger partial charge in [-0.15, -0.1) is 0 Å². The highest BCUT2D eigenvalue weighted by Gasteiger charge is 2.66. The number of aromatic nitrogens is 1. The maximum Gasteiger partial charge on any atom is 0.427 e. The van der Waals surface area contributed by atoms with E-state index >= 15 is 8.78 Å². The molecular formula is C38H45F8N3O4. The summed E-state index contributed by atoms with van der Waals surface area (Å²) in [4.78, 5) is 42.4. The second-order valence-corrected chi connectivity index (χ2v) is 14.2. The van der Waals surface area contributed by atoms with Gasteiger partial charge in [0.25, 0.3) is 5.56 Å². The fraction of sp³-hybridized carbons (Fsp3) is 0.553. The van der Waals surface area contributed by atoms with Crippen molar-refractivity contribution < 1.29 is 49.4 Å². The highest BCUT2D eigenvalue weighted by Crippen LogP contribution is 2.54. The van der Waals surface area contributed by atoms with Crippen molar-refractivity contribution in [2.45, 2.75) is 97.3 Å². The molecule has 7 nitrogen and oxygen atoms in total. The van der Waals surface area contributed by atoms with Crippen LogP contribution in [-0.2, 0) is 26.9 Å². The van der Waals surface area contributed by atoms with E-state index in [1.165, 1.54) is 6.92 Å². The van der Waals surface area contributed by atoms with Crippen molar-refractivity contribution in [3.63, 3.8) is 0 Å². The van der Waals surface area contributed by atoms with Crippen LogP contribution in [0.15, 0.2) is 52.7 Å². The molecule has 4 rings (SSSR count). The van der Waals surface area contributed by atoms with Gasteiger partial charge in [-0.05, 0) is 99.9 Å². The number of nitrogens with one attached hydrogen (secondary N) is 1. The first-order chi connectivity index (χ1) is 24.6. The van der Waals surface area contributed by atoms with Crippen LogP contribution in [0.5, 0.6) is 0 Å². The molecule has 0 bridgehead atoms. The smallest absolute Gasteiger partial charge is 0.427 e. The van der Waals surface area contributed by atoms with E-state index in [0.29, 0.717) is 30.3 Å². The normalized spacial score (nSPS) is 20.9. The van der Waals surface area contributed by atoms with Crippen molar-refractivity contribution in [3.05, 3.63) is 86.1 Å². The molecule has 0 radical (unpaired) electrons. The van der Waals surface area contributed by atoms with Crippen molar-refractivity contribution in [1.29, 1.82) is 0 Å². The third-order valence-electron chi connectivity index (χ3n) is 9.93. The lowest BCUT2D eigenvalue weighted by molar-refractivity contribution is -0.234. The Morgan fingerprint density at radius 2 is 1.68 bits per heavy atom. The average Bonchev–Trinajstić information content (AvgIpc) is 3.01. The molecule has 2 aliphatic rings. The van der Waals surface area contributed by atoms with E-state index in [1.54, 1.807) is 45.9 Å². The van der Waals surface area contributed by atoms with Crippen molar-refractivity contribution >= 4 is 17.4 Å². The molecule has 0 spiro atoms. The van der Waals surface area contributed by atoms with Gasteiger partial charge in [0.2, 0.25) is 11.6 Å². The van der Waals surface area contributed by atoms with E-state index < -0.39 is 82.8 Å². The number of halogens is 8. The molecule has 1 aliphatic heterocycles. The molecule has 1 fully saturated rings. The predicted molar refractivity (Wildman–Crippen MR) is 183 cm³/mol. The molecule has 53 heavy (non-hydrogen) atoms. The second kappa shape index (κ2) is 16.2. The van der Waals surface area contributed by atoms with E-state index in [-0.39, 0.29) is 42.7 Å². The zero-order chi connectivity index (χ0) is 39.6. The van der Waals surface area contributed by atoms with E-state index in [4.69, 9.17) is 4.74 Å². The van der Waals surface area contributed by atoms with Gasteiger partial charge in [0, 0.05) is 24.4 Å². The molecule has 0 saturated carbocycles. The fourth-order valence-electron chi connectivity index (χ4n) is 7.17. The maximum absolute atomic E-state index is 16.9. The Morgan fingerprint density at radius 3 is 2.19 bits per heavy atom. The maximum atomic E-state index is 16.9. The summed E-state index contributed by atoms with van der Waals surface area (Å²) in [6.07, 6.45) is -9.53. The van der Waals surface area contributed by atoms with Gasteiger partial charge >= 0.3 is 18.3 Å². The molecule has 1 aliphatic carbocycles. The van der Waals surface area contributed by atoms with Gasteiger partial charge in [-0.2, -0.15) is 26.3 Å². The topological polar surface area (TPSA) is 80.6 Å². The average molecular weight is 760 g/mol. The summed E-state index contributed by atoms with van der Waals surface area (Å²) in [5.41, 5.74) is -7.29. The number of likely N-dealkylation sites (tertiary alicyclic amines) is 1. The summed E-state index contributed by atoms with van der Waals surface area (Å²) in [5.74, 6) is -7.22. The number of allylic oxidation sites excluding steroid dienone is 3. The highest BCUT2D eigenvalue weighted by molar-refractivity contribution is 5.84. The SMILES string of the molecule is CCOC(=O)C[C@H](NC(=O)C(CC(C)C)n1cc(CCN2CCC2)c(C(F)(F)F)cc1=O)C1C(F)=C(c2c(C)cccc2C)C=C(C)C1(F)C(F)(F)F. The molecule has 1 N–H and O–H groups in total. The third-order valence-corrected chi connectivity index (χ3v) is 9.93. The van der Waals surface area contributed by atoms with Gasteiger partial charge in [-0.3, -0.25) is 14.4 Å². The number of ether oxygens (including phenoxy) is 1. The number of aryl methyl sites for hydroxylation is 2. The number of hydrogen-bond acceptors (Lipinski definition) is 5. The Hall–Kier alpha value is -4.01. The number of amides is 1. The van der Waals surface area contributed by atoms with Crippen LogP contribution in [-0.4, -0.2) is 65.5 Å². The fourth-order valence-corrected chi connectivity index (χ4v) is 7.17. The van der Waals surface area contributed by atoms with Gasteiger partial charge in [0.05, 0.1) is 30.6 Å². The number of hydrogen-bond donors (Lipinski definition) is 1. The molecule has 1 aromatic carbocycles. The number of rotatable bonds is 13. The Kier molecular flexibility index (Phi) is 12.7. The van der Waals surface area contributed by atoms with Gasteiger partial charge < -0.3 is 19.5 Å². The van der Waals surface area contributed by atoms with Gasteiger partial charge in [0.1, 0.15) is 11.9 Å². The van der Waals surface area contributed by atoms with Crippen LogP contribution < -0.4 is 10.9 Å². The van der Waals surface area contributed by atoms with Gasteiger partial charge in [-0.1, -0.05) is 32.0 Å². The van der Waals surface area contributed by atoms with E-state index in [0.717, 1.165) is 30.2 Å². The second-order valence-electron chi connectivity index (χ2n) is 14.2. The molecule has 1 saturated heterocycles. The highest BCUT2D eigenvalue weighted by atomic mass is 19.4. The number of benzene rings is 1. The monoisotopic (exact) mass is 759 g/mol. The molecule has 2 aromatic rings. The Balaban J connectivity index is 1.89. The first-order valence-electron chi connectivity index (χ1n) is 17.5. The summed E-state index contributed by atoms with van der Waals surface area (Å²) in [7, 11) is 0. The predicted octanol–water partition coefficient (Wildman–Crippen LogP) is 7.98. The zero-order valence-electron chi connectivity index (χ0n) is 30.5. The molecule has 4 atom stereocenters. The largest absolute Gasteiger partial charge is 0.466 e. The minimum Gasteiger partial charge on any atom is -0.466 e. The number of esters is 1. The summed E-state index contributed by atoms with van der Waals surface area (Å²) in [5, 5.41) is 2.25. The molecule has 15 heteroatoms. The minimum absolute atomic E-state index is 0.128. The molecular weight excluding hydrogens is 714 g/mol. The van der Waals surface area contributed by atoms with Crippen molar-refractivity contribution in [2.24, 2.45) is 11.8 Å². The molecule has 292 valence electrons. The molecule has 2 heterocycles. The van der Waals surface area contributed by atoms with Crippen LogP contribution in [0, 0.1) is 25.7 Å². The molecule has 1 aromatic heterocycles. The van der Waals surface area contributed by atoms with Crippen LogP contribution in [0.25, 0.3) is 5.57 Å². The van der Waals surface area contributed by atoms with E-state index in [9.17, 15) is 40.7 Å². The lowest BCUT2D eigenvalue weighted by atomic mass is 9.70. The van der Waals surface area contributed by atoms with Crippen LogP contribution >= 0.6 is 0 Å². The van der Waals surface area contributed by atoms with Crippen LogP contribution in [0.2, 0.25) is 0 Å². The van der Waals surface area contributed by atoms with Crippen molar-refractivity contribution in [3.8, 4) is 0 Å². The molecule has 1 amide bonds. The number of pyridine rings is 1. The summed E-state index contributed by atoms with van der Waals surface area (Å²) in [6, 6.07) is 1.33. The number of carbonyl (C=O) groups excluding carboxylic acids is 2. The van der Waals surface area contributed by atoms with Gasteiger partial charge in [-0.25, -0.2) is 8.78 Å². The quantitative estimate of drug-likeness (QED) is 0.166. The lowest BCUT2D eigenvalue weighted by Crippen LogP contribution is -2.59. The number of alkyl halides is 7. The lowest BCUT2D eigenvalue weighted by Gasteiger charge is -2.43. The first-order valence-corrected chi connectivity index (χ1v) is 17.5. The zero-order valence-corrected chi connectivity index (χ0v) is 30.5. The van der Waals surface area contributed by atoms with Crippen LogP contribution in [0.3, 0.4) is 0 Å². The Morgan fingerprint density at radius 1 is 1.06 bits per heavy atom. The van der Waals surface area contributed by atoms with E-state index in [2.05, 4.69) is 5.32 Å². The van der Waals surface area contributed by atoms with Gasteiger partial charge in [0.15, 0.2) is 0 Å². The Labute approximate surface area is 303 Å². The summed E-state index contributed by atoms with van der Waals surface area (Å²) < 4.78 is 126. The van der Waals surface area contributed by atoms with E-state index in [1.807, 2.05) is 4.90 Å². The Bertz CT molecular complexity index is 1790. The minimum atomic E-state index is -5.74. The number of carbonyl (C=O) groups is 2. The van der Waals surface area contributed by atoms with Crippen molar-refractivity contribution in [2.75, 3.05) is 26.2 Å². The summed E-state index contributed by atoms with van der Waals surface area (Å²) in [6.45, 7) is 10.1. The third kappa shape index (κ3) is 8.87. The molecule has 3 unspecified atom stereocenters. The number of nitrogens with zero attached hydrogens (tertiary/aromatic N) is 2. The van der Waals surface area contributed by atoms with Crippen LogP contribution in [0.4, 0.5) is 35.1 Å². The standard InChI is InChI=1S/C38H45F8N3O4/c1-7-53-31(51)19-28(33-34(39)26(32-22(4)10-8-11-23(32)5)17-24(6)36(33,40)38(44,45)46)47-35(52)29(16-21(2)3)49-20-25(12-15-48-13-9-14-48)27(18-30(49)50)37(41,42)43/h8,10-11,17-18,20-21,28-29,33H,7,9,12-16,19H2,1-6H3,(H,47,52)/t28-,29?,33?,36?/m0/s1. The summed E-state index contributed by atoms with van der Waals surface area (Å²) >= 11 is 0. The van der Waals surface area contributed by atoms with Crippen molar-refractivity contribution in [1.82, 2.24) is 14.8 Å².